The van der Waals surface area contributed by atoms with Crippen molar-refractivity contribution in [1.82, 2.24) is 14.7 Å². The summed E-state index contributed by atoms with van der Waals surface area (Å²) in [6.07, 6.45) is -0.174. The molecule has 176 valence electrons. The monoisotopic (exact) mass is 451 g/mol. The van der Waals surface area contributed by atoms with E-state index in [0.29, 0.717) is 26.1 Å². The third-order valence-corrected chi connectivity index (χ3v) is 4.77. The largest absolute Gasteiger partial charge is 0.480 e. The summed E-state index contributed by atoms with van der Waals surface area (Å²) < 4.78 is 10.5. The number of likely N-dealkylation sites (N-methyl/N-ethyl adjacent to an activating group) is 1. The van der Waals surface area contributed by atoms with Crippen molar-refractivity contribution in [2.75, 3.05) is 46.9 Å². The molecule has 1 fully saturated rings. The number of nitrogens with zero attached hydrogens (tertiary/aromatic N) is 3. The van der Waals surface area contributed by atoms with E-state index in [1.54, 1.807) is 27.9 Å². The molecule has 0 spiro atoms. The third-order valence-electron chi connectivity index (χ3n) is 4.77. The maximum absolute atomic E-state index is 13.4. The Morgan fingerprint density at radius 3 is 2.27 bits per heavy atom. The summed E-state index contributed by atoms with van der Waals surface area (Å²) in [5.41, 5.74) is -0.687. The standard InChI is InChI=1S/C20H37N3O6.ClH/c1-14(2)12-15(21(6)19(27)29-20(3,4)5)17(24)23-9-8-22(10-11-28-7)13-16(23)18(25)26;/h14-16H,8-13H2,1-7H3,(H,25,26);1H/t15?,16-;/m1./s1. The van der Waals surface area contributed by atoms with Crippen LogP contribution in [0, 0.1) is 5.92 Å². The van der Waals surface area contributed by atoms with Crippen LogP contribution in [-0.4, -0.2) is 102 Å². The molecule has 1 N–H and O–H groups in total. The van der Waals surface area contributed by atoms with Crippen LogP contribution >= 0.6 is 12.4 Å². The molecule has 0 radical (unpaired) electrons. The number of hydrogen-bond acceptors (Lipinski definition) is 6. The zero-order valence-corrected chi connectivity index (χ0v) is 20.0. The Bertz CT molecular complexity index is 581. The van der Waals surface area contributed by atoms with Gasteiger partial charge >= 0.3 is 12.1 Å². The molecule has 9 nitrogen and oxygen atoms in total. The van der Waals surface area contributed by atoms with Gasteiger partial charge in [-0.15, -0.1) is 12.4 Å². The lowest BCUT2D eigenvalue weighted by molar-refractivity contribution is -0.156. The lowest BCUT2D eigenvalue weighted by atomic mass is 10.00. The maximum atomic E-state index is 13.4. The fraction of sp³-hybridized carbons (Fsp3) is 0.850. The van der Waals surface area contributed by atoms with Crippen molar-refractivity contribution in [3.8, 4) is 0 Å². The molecule has 2 atom stereocenters. The molecule has 2 amide bonds. The number of rotatable bonds is 8. The van der Waals surface area contributed by atoms with E-state index in [2.05, 4.69) is 0 Å². The zero-order chi connectivity index (χ0) is 22.4. The Balaban J connectivity index is 0.00000841. The van der Waals surface area contributed by atoms with Crippen molar-refractivity contribution in [1.29, 1.82) is 0 Å². The molecule has 1 aliphatic rings. The lowest BCUT2D eigenvalue weighted by Gasteiger charge is -2.42. The Hall–Kier alpha value is -1.58. The van der Waals surface area contributed by atoms with Gasteiger partial charge in [0.05, 0.1) is 6.61 Å². The van der Waals surface area contributed by atoms with Crippen molar-refractivity contribution in [2.24, 2.45) is 5.92 Å². The minimum absolute atomic E-state index is 0. The summed E-state index contributed by atoms with van der Waals surface area (Å²) in [5.74, 6) is -1.27. The molecule has 0 aliphatic carbocycles. The van der Waals surface area contributed by atoms with E-state index >= 15 is 0 Å². The van der Waals surface area contributed by atoms with E-state index in [4.69, 9.17) is 9.47 Å². The van der Waals surface area contributed by atoms with Crippen molar-refractivity contribution >= 4 is 30.4 Å². The van der Waals surface area contributed by atoms with Crippen molar-refractivity contribution in [2.45, 2.75) is 58.7 Å². The number of amides is 2. The molecule has 0 aromatic heterocycles. The molecule has 0 aromatic rings. The molecular formula is C20H38ClN3O6. The predicted molar refractivity (Wildman–Crippen MR) is 116 cm³/mol. The number of hydrogen-bond donors (Lipinski definition) is 1. The summed E-state index contributed by atoms with van der Waals surface area (Å²) in [5, 5.41) is 9.71. The maximum Gasteiger partial charge on any atom is 0.410 e. The first-order valence-electron chi connectivity index (χ1n) is 10.1. The number of carbonyl (C=O) groups is 3. The van der Waals surface area contributed by atoms with Crippen LogP contribution in [0.2, 0.25) is 0 Å². The van der Waals surface area contributed by atoms with Crippen molar-refractivity contribution in [3.05, 3.63) is 0 Å². The third kappa shape index (κ3) is 8.65. The van der Waals surface area contributed by atoms with Crippen LogP contribution in [0.25, 0.3) is 0 Å². The van der Waals surface area contributed by atoms with E-state index in [-0.39, 0.29) is 37.3 Å². The number of carboxylic acid groups (broad SMARTS) is 1. The number of piperazine rings is 1. The van der Waals surface area contributed by atoms with Gasteiger partial charge in [0.25, 0.3) is 0 Å². The van der Waals surface area contributed by atoms with Gasteiger partial charge in [0.2, 0.25) is 5.91 Å². The summed E-state index contributed by atoms with van der Waals surface area (Å²) in [7, 11) is 3.13. The average molecular weight is 452 g/mol. The molecular weight excluding hydrogens is 414 g/mol. The number of methoxy groups -OCH3 is 1. The van der Waals surface area contributed by atoms with Crippen LogP contribution in [0.5, 0.6) is 0 Å². The van der Waals surface area contributed by atoms with Gasteiger partial charge < -0.3 is 19.5 Å². The van der Waals surface area contributed by atoms with E-state index < -0.39 is 29.7 Å². The number of ether oxygens (including phenoxy) is 2. The summed E-state index contributed by atoms with van der Waals surface area (Å²) in [6.45, 7) is 11.4. The van der Waals surface area contributed by atoms with Crippen LogP contribution in [0.3, 0.4) is 0 Å². The molecule has 30 heavy (non-hydrogen) atoms. The van der Waals surface area contributed by atoms with Crippen LogP contribution in [0.4, 0.5) is 4.79 Å². The highest BCUT2D eigenvalue weighted by Gasteiger charge is 2.40. The van der Waals surface area contributed by atoms with Gasteiger partial charge in [-0.2, -0.15) is 0 Å². The molecule has 1 saturated heterocycles. The second-order valence-electron chi connectivity index (χ2n) is 8.92. The summed E-state index contributed by atoms with van der Waals surface area (Å²) in [4.78, 5) is 42.4. The fourth-order valence-electron chi connectivity index (χ4n) is 3.26. The fourth-order valence-corrected chi connectivity index (χ4v) is 3.26. The minimum Gasteiger partial charge on any atom is -0.480 e. The normalized spacial score (nSPS) is 18.5. The molecule has 1 aliphatic heterocycles. The molecule has 0 bridgehead atoms. The topological polar surface area (TPSA) is 99.6 Å². The lowest BCUT2D eigenvalue weighted by Crippen LogP contribution is -2.62. The highest BCUT2D eigenvalue weighted by atomic mass is 35.5. The van der Waals surface area contributed by atoms with Gasteiger partial charge in [0, 0.05) is 40.3 Å². The quantitative estimate of drug-likeness (QED) is 0.601. The minimum atomic E-state index is -1.05. The smallest absolute Gasteiger partial charge is 0.410 e. The number of carbonyl (C=O) groups excluding carboxylic acids is 2. The highest BCUT2D eigenvalue weighted by molar-refractivity contribution is 5.89. The number of aliphatic carboxylic acids is 1. The van der Waals surface area contributed by atoms with E-state index in [9.17, 15) is 19.5 Å². The highest BCUT2D eigenvalue weighted by Crippen LogP contribution is 2.20. The van der Waals surface area contributed by atoms with Crippen LogP contribution in [0.15, 0.2) is 0 Å². The van der Waals surface area contributed by atoms with Gasteiger partial charge in [0.15, 0.2) is 0 Å². The first-order chi connectivity index (χ1) is 13.4. The first-order valence-corrected chi connectivity index (χ1v) is 10.1. The SMILES string of the molecule is COCCN1CCN(C(=O)C(CC(C)C)N(C)C(=O)OC(C)(C)C)[C@@H](C(=O)O)C1.Cl. The molecule has 10 heteroatoms. The van der Waals surface area contributed by atoms with E-state index in [1.807, 2.05) is 18.7 Å². The second kappa shape index (κ2) is 12.3. The number of carboxylic acids is 1. The Morgan fingerprint density at radius 2 is 1.80 bits per heavy atom. The van der Waals surface area contributed by atoms with E-state index in [1.165, 1.54) is 16.8 Å². The van der Waals surface area contributed by atoms with Gasteiger partial charge in [-0.1, -0.05) is 13.8 Å². The zero-order valence-electron chi connectivity index (χ0n) is 19.2. The Kier molecular flexibility index (Phi) is 11.7. The van der Waals surface area contributed by atoms with Gasteiger partial charge in [-0.25, -0.2) is 9.59 Å². The predicted octanol–water partition coefficient (Wildman–Crippen LogP) is 1.93. The molecule has 1 rings (SSSR count). The van der Waals surface area contributed by atoms with E-state index in [0.717, 1.165) is 0 Å². The molecule has 1 heterocycles. The van der Waals surface area contributed by atoms with Gasteiger partial charge in [0.1, 0.15) is 17.7 Å². The molecule has 1 unspecified atom stereocenters. The van der Waals surface area contributed by atoms with Crippen LogP contribution < -0.4 is 0 Å². The molecule has 0 saturated carbocycles. The van der Waals surface area contributed by atoms with Crippen LogP contribution in [-0.2, 0) is 19.1 Å². The van der Waals surface area contributed by atoms with Crippen molar-refractivity contribution in [3.63, 3.8) is 0 Å². The first kappa shape index (κ1) is 28.4. The Labute approximate surface area is 186 Å². The molecule has 0 aromatic carbocycles. The van der Waals surface area contributed by atoms with Crippen molar-refractivity contribution < 1.29 is 29.0 Å². The van der Waals surface area contributed by atoms with Gasteiger partial charge in [-0.05, 0) is 33.1 Å². The summed E-state index contributed by atoms with van der Waals surface area (Å²) >= 11 is 0. The van der Waals surface area contributed by atoms with Gasteiger partial charge in [-0.3, -0.25) is 14.6 Å². The Morgan fingerprint density at radius 1 is 1.20 bits per heavy atom. The number of halogens is 1. The second-order valence-corrected chi connectivity index (χ2v) is 8.92. The summed E-state index contributed by atoms with van der Waals surface area (Å²) in [6, 6.07) is -1.74. The average Bonchev–Trinajstić information content (AvgIpc) is 2.61. The van der Waals surface area contributed by atoms with Crippen LogP contribution in [0.1, 0.15) is 41.0 Å².